The van der Waals surface area contributed by atoms with Crippen molar-refractivity contribution >= 4 is 44.7 Å². The van der Waals surface area contributed by atoms with Crippen LogP contribution in [-0.4, -0.2) is 19.3 Å². The second kappa shape index (κ2) is 9.08. The molecule has 29 heavy (non-hydrogen) atoms. The summed E-state index contributed by atoms with van der Waals surface area (Å²) in [6.07, 6.45) is 0.527. The molecule has 152 valence electrons. The van der Waals surface area contributed by atoms with Crippen molar-refractivity contribution in [2.75, 3.05) is 5.32 Å². The Morgan fingerprint density at radius 1 is 1.21 bits per heavy atom. The molecule has 2 aromatic carbocycles. The third kappa shape index (κ3) is 5.66. The summed E-state index contributed by atoms with van der Waals surface area (Å²) in [5, 5.41) is 11.1. The maximum atomic E-state index is 12.5. The number of rotatable bonds is 7. The van der Waals surface area contributed by atoms with Gasteiger partial charge in [0, 0.05) is 27.3 Å². The van der Waals surface area contributed by atoms with E-state index >= 15 is 0 Å². The number of primary sulfonamides is 1. The van der Waals surface area contributed by atoms with Gasteiger partial charge >= 0.3 is 0 Å². The third-order valence-electron chi connectivity index (χ3n) is 4.18. The summed E-state index contributed by atoms with van der Waals surface area (Å²) in [6, 6.07) is 12.0. The van der Waals surface area contributed by atoms with Crippen molar-refractivity contribution in [1.82, 2.24) is 4.98 Å². The fourth-order valence-corrected chi connectivity index (χ4v) is 5.10. The van der Waals surface area contributed by atoms with Gasteiger partial charge in [0.15, 0.2) is 0 Å². The predicted octanol–water partition coefficient (Wildman–Crippen LogP) is 4.21. The molecule has 9 heteroatoms. The number of thioether (sulfide) groups is 1. The lowest BCUT2D eigenvalue weighted by molar-refractivity contribution is 0.102. The van der Waals surface area contributed by atoms with Gasteiger partial charge in [-0.2, -0.15) is 0 Å². The quantitative estimate of drug-likeness (QED) is 0.528. The summed E-state index contributed by atoms with van der Waals surface area (Å²) < 4.78 is 23.6. The van der Waals surface area contributed by atoms with Crippen molar-refractivity contribution in [2.45, 2.75) is 35.8 Å². The first-order valence-corrected chi connectivity index (χ1v) is 12.3. The maximum Gasteiger partial charge on any atom is 0.255 e. The van der Waals surface area contributed by atoms with E-state index in [1.165, 1.54) is 6.07 Å². The summed E-state index contributed by atoms with van der Waals surface area (Å²) in [5.74, 6) is 0.456. The number of thiazole rings is 1. The molecule has 0 spiro atoms. The number of aryl methyl sites for hydroxylation is 2. The second-order valence-electron chi connectivity index (χ2n) is 6.35. The number of nitrogens with zero attached hydrogens (tertiary/aromatic N) is 1. The fourth-order valence-electron chi connectivity index (χ4n) is 2.73. The average molecular weight is 448 g/mol. The first-order chi connectivity index (χ1) is 13.8. The van der Waals surface area contributed by atoms with E-state index in [0.717, 1.165) is 21.3 Å². The van der Waals surface area contributed by atoms with Crippen molar-refractivity contribution in [3.63, 3.8) is 0 Å². The molecule has 0 aliphatic carbocycles. The molecule has 0 saturated carbocycles. The molecular weight excluding hydrogens is 426 g/mol. The van der Waals surface area contributed by atoms with E-state index in [2.05, 4.69) is 10.3 Å². The molecule has 3 rings (SSSR count). The van der Waals surface area contributed by atoms with Crippen LogP contribution in [0.2, 0.25) is 0 Å². The Balaban J connectivity index is 1.68. The van der Waals surface area contributed by atoms with Gasteiger partial charge in [0.05, 0.1) is 15.6 Å². The van der Waals surface area contributed by atoms with Gasteiger partial charge in [-0.05, 0) is 55.3 Å². The van der Waals surface area contributed by atoms with Gasteiger partial charge in [0.25, 0.3) is 5.91 Å². The number of sulfonamides is 1. The molecule has 1 amide bonds. The van der Waals surface area contributed by atoms with Gasteiger partial charge in [-0.1, -0.05) is 13.0 Å². The summed E-state index contributed by atoms with van der Waals surface area (Å²) in [5.41, 5.74) is 2.52. The number of anilines is 1. The SMILES string of the molecule is CCc1ccc(NC(=O)c2ccc(SCc3csc(C)n3)cc2)cc1S(N)(=O)=O. The average Bonchev–Trinajstić information content (AvgIpc) is 3.11. The molecule has 1 heterocycles. The Labute approximate surface area is 178 Å². The van der Waals surface area contributed by atoms with Gasteiger partial charge < -0.3 is 5.32 Å². The van der Waals surface area contributed by atoms with E-state index in [1.807, 2.05) is 31.4 Å². The standard InChI is InChI=1S/C20H21N3O3S3/c1-3-14-4-7-16(10-19(14)29(21,25)26)23-20(24)15-5-8-18(9-6-15)28-12-17-11-27-13(2)22-17/h4-11H,3,12H2,1-2H3,(H,23,24)(H2,21,25,26). The van der Waals surface area contributed by atoms with E-state index in [1.54, 1.807) is 47.4 Å². The molecule has 0 aliphatic heterocycles. The fraction of sp³-hybridized carbons (Fsp3) is 0.200. The number of aromatic nitrogens is 1. The highest BCUT2D eigenvalue weighted by Crippen LogP contribution is 2.25. The highest BCUT2D eigenvalue weighted by molar-refractivity contribution is 7.98. The molecule has 0 bridgehead atoms. The van der Waals surface area contributed by atoms with Crippen molar-refractivity contribution in [3.05, 3.63) is 69.7 Å². The van der Waals surface area contributed by atoms with Crippen LogP contribution in [0, 0.1) is 6.92 Å². The molecular formula is C20H21N3O3S3. The van der Waals surface area contributed by atoms with Crippen LogP contribution in [0.5, 0.6) is 0 Å². The monoisotopic (exact) mass is 447 g/mol. The minimum absolute atomic E-state index is 0.0295. The van der Waals surface area contributed by atoms with Crippen molar-refractivity contribution in [3.8, 4) is 0 Å². The van der Waals surface area contributed by atoms with Gasteiger partial charge in [0.1, 0.15) is 0 Å². The Hall–Kier alpha value is -2.20. The topological polar surface area (TPSA) is 102 Å². The zero-order chi connectivity index (χ0) is 21.0. The summed E-state index contributed by atoms with van der Waals surface area (Å²) in [7, 11) is -3.86. The lowest BCUT2D eigenvalue weighted by Gasteiger charge is -2.10. The van der Waals surface area contributed by atoms with E-state index in [4.69, 9.17) is 5.14 Å². The smallest absolute Gasteiger partial charge is 0.255 e. The predicted molar refractivity (Wildman–Crippen MR) is 118 cm³/mol. The Kier molecular flexibility index (Phi) is 6.74. The number of benzene rings is 2. The van der Waals surface area contributed by atoms with Gasteiger partial charge in [-0.3, -0.25) is 4.79 Å². The van der Waals surface area contributed by atoms with Crippen LogP contribution in [0.15, 0.2) is 57.6 Å². The number of carbonyl (C=O) groups is 1. The Morgan fingerprint density at radius 2 is 1.93 bits per heavy atom. The molecule has 3 aromatic rings. The molecule has 0 radical (unpaired) electrons. The minimum Gasteiger partial charge on any atom is -0.322 e. The van der Waals surface area contributed by atoms with Crippen LogP contribution in [0.1, 0.15) is 33.5 Å². The molecule has 1 aromatic heterocycles. The van der Waals surface area contributed by atoms with Crippen LogP contribution in [0.25, 0.3) is 0 Å². The Morgan fingerprint density at radius 3 is 2.52 bits per heavy atom. The van der Waals surface area contributed by atoms with Gasteiger partial charge in [-0.15, -0.1) is 23.1 Å². The number of carbonyl (C=O) groups excluding carboxylic acids is 1. The highest BCUT2D eigenvalue weighted by atomic mass is 32.2. The summed E-state index contributed by atoms with van der Waals surface area (Å²) in [6.45, 7) is 3.82. The molecule has 0 fully saturated rings. The molecule has 6 nitrogen and oxygen atoms in total. The van der Waals surface area contributed by atoms with E-state index in [-0.39, 0.29) is 10.8 Å². The van der Waals surface area contributed by atoms with Crippen molar-refractivity contribution < 1.29 is 13.2 Å². The molecule has 0 saturated heterocycles. The maximum absolute atomic E-state index is 12.5. The Bertz CT molecular complexity index is 1120. The van der Waals surface area contributed by atoms with E-state index < -0.39 is 10.0 Å². The first-order valence-electron chi connectivity index (χ1n) is 8.87. The van der Waals surface area contributed by atoms with E-state index in [0.29, 0.717) is 23.2 Å². The number of hydrogen-bond acceptors (Lipinski definition) is 6. The first kappa shape index (κ1) is 21.5. The number of hydrogen-bond donors (Lipinski definition) is 2. The zero-order valence-electron chi connectivity index (χ0n) is 16.0. The number of nitrogens with two attached hydrogens (primary N) is 1. The normalized spacial score (nSPS) is 11.4. The van der Waals surface area contributed by atoms with Crippen molar-refractivity contribution in [2.24, 2.45) is 5.14 Å². The summed E-state index contributed by atoms with van der Waals surface area (Å²) >= 11 is 3.28. The zero-order valence-corrected chi connectivity index (χ0v) is 18.5. The van der Waals surface area contributed by atoms with Crippen LogP contribution in [0.3, 0.4) is 0 Å². The second-order valence-corrected chi connectivity index (χ2v) is 9.99. The molecule has 0 unspecified atom stereocenters. The van der Waals surface area contributed by atoms with Crippen LogP contribution < -0.4 is 10.5 Å². The highest BCUT2D eigenvalue weighted by Gasteiger charge is 2.15. The summed E-state index contributed by atoms with van der Waals surface area (Å²) in [4.78, 5) is 18.0. The number of amides is 1. The van der Waals surface area contributed by atoms with Crippen LogP contribution >= 0.6 is 23.1 Å². The molecule has 0 aliphatic rings. The minimum atomic E-state index is -3.86. The van der Waals surface area contributed by atoms with E-state index in [9.17, 15) is 13.2 Å². The van der Waals surface area contributed by atoms with Gasteiger partial charge in [0.2, 0.25) is 10.0 Å². The third-order valence-corrected chi connectivity index (χ3v) is 7.04. The molecule has 3 N–H and O–H groups in total. The lowest BCUT2D eigenvalue weighted by atomic mass is 10.1. The van der Waals surface area contributed by atoms with Gasteiger partial charge in [-0.25, -0.2) is 18.5 Å². The largest absolute Gasteiger partial charge is 0.322 e. The van der Waals surface area contributed by atoms with Crippen LogP contribution in [-0.2, 0) is 22.2 Å². The molecule has 0 atom stereocenters. The van der Waals surface area contributed by atoms with Crippen molar-refractivity contribution in [1.29, 1.82) is 0 Å². The number of nitrogens with one attached hydrogen (secondary N) is 1. The lowest BCUT2D eigenvalue weighted by Crippen LogP contribution is -2.16. The van der Waals surface area contributed by atoms with Crippen LogP contribution in [0.4, 0.5) is 5.69 Å².